The van der Waals surface area contributed by atoms with Gasteiger partial charge in [-0.25, -0.2) is 8.42 Å². The fourth-order valence-corrected chi connectivity index (χ4v) is 4.51. The van der Waals surface area contributed by atoms with E-state index in [1.807, 2.05) is 0 Å². The monoisotopic (exact) mass is 332 g/mol. The van der Waals surface area contributed by atoms with Crippen LogP contribution < -0.4 is 0 Å². The van der Waals surface area contributed by atoms with E-state index in [2.05, 4.69) is 0 Å². The highest BCUT2D eigenvalue weighted by molar-refractivity contribution is 7.92. The van der Waals surface area contributed by atoms with Crippen molar-refractivity contribution in [3.63, 3.8) is 0 Å². The maximum Gasteiger partial charge on any atom is 0.248 e. The number of nitrogens with zero attached hydrogens (tertiary/aromatic N) is 2. The number of likely N-dealkylation sites (tertiary alicyclic amines) is 1. The molecule has 1 saturated heterocycles. The molecule has 0 aromatic carbocycles. The fourth-order valence-electron chi connectivity index (χ4n) is 2.69. The van der Waals surface area contributed by atoms with Gasteiger partial charge in [-0.15, -0.1) is 0 Å². The van der Waals surface area contributed by atoms with Gasteiger partial charge in [0.25, 0.3) is 0 Å². The van der Waals surface area contributed by atoms with Crippen LogP contribution >= 0.6 is 0 Å². The lowest BCUT2D eigenvalue weighted by atomic mass is 10.2. The van der Waals surface area contributed by atoms with Gasteiger partial charge in [-0.05, 0) is 12.8 Å². The second kappa shape index (κ2) is 6.95. The first-order chi connectivity index (χ1) is 10.3. The molecule has 126 valence electrons. The molecule has 7 nitrogen and oxygen atoms in total. The van der Waals surface area contributed by atoms with Crippen LogP contribution in [-0.2, 0) is 24.2 Å². The summed E-state index contributed by atoms with van der Waals surface area (Å²) in [7, 11) is -0.0297. The normalized spacial score (nSPS) is 20.0. The van der Waals surface area contributed by atoms with E-state index in [0.717, 1.165) is 12.8 Å². The van der Waals surface area contributed by atoms with Gasteiger partial charge in [-0.3, -0.25) is 9.59 Å². The lowest BCUT2D eigenvalue weighted by Crippen LogP contribution is -2.56. The third-order valence-corrected chi connectivity index (χ3v) is 6.41. The number of hydrogen-bond acceptors (Lipinski definition) is 5. The molecule has 0 aromatic rings. The Labute approximate surface area is 131 Å². The number of ether oxygens (including phenoxy) is 1. The lowest BCUT2D eigenvalue weighted by Gasteiger charge is -2.39. The van der Waals surface area contributed by atoms with Crippen molar-refractivity contribution in [1.29, 1.82) is 0 Å². The summed E-state index contributed by atoms with van der Waals surface area (Å²) in [5, 5.41) is -0.345. The summed E-state index contributed by atoms with van der Waals surface area (Å²) in [6.45, 7) is 0.708. The molecule has 0 N–H and O–H groups in total. The second-order valence-electron chi connectivity index (χ2n) is 6.23. The molecule has 2 amide bonds. The van der Waals surface area contributed by atoms with E-state index >= 15 is 0 Å². The maximum absolute atomic E-state index is 12.1. The molecule has 0 unspecified atom stereocenters. The number of hydrogen-bond donors (Lipinski definition) is 0. The van der Waals surface area contributed by atoms with Gasteiger partial charge >= 0.3 is 0 Å². The highest BCUT2D eigenvalue weighted by Gasteiger charge is 2.36. The minimum Gasteiger partial charge on any atom is -0.365 e. The highest BCUT2D eigenvalue weighted by Crippen LogP contribution is 2.25. The van der Waals surface area contributed by atoms with Crippen LogP contribution in [-0.4, -0.2) is 80.9 Å². The van der Waals surface area contributed by atoms with Crippen LogP contribution in [0.25, 0.3) is 0 Å². The first-order valence-corrected chi connectivity index (χ1v) is 9.32. The Morgan fingerprint density at radius 3 is 2.32 bits per heavy atom. The third kappa shape index (κ3) is 4.19. The van der Waals surface area contributed by atoms with Crippen molar-refractivity contribution in [2.45, 2.75) is 37.0 Å². The zero-order valence-corrected chi connectivity index (χ0v) is 14.0. The van der Waals surface area contributed by atoms with Crippen molar-refractivity contribution in [1.82, 2.24) is 9.80 Å². The Balaban J connectivity index is 1.71. The minimum absolute atomic E-state index is 0.0138. The van der Waals surface area contributed by atoms with Gasteiger partial charge in [0.05, 0.1) is 11.4 Å². The maximum atomic E-state index is 12.1. The van der Waals surface area contributed by atoms with Crippen LogP contribution in [0, 0.1) is 0 Å². The van der Waals surface area contributed by atoms with E-state index in [4.69, 9.17) is 4.74 Å². The molecular weight excluding hydrogens is 308 g/mol. The SMILES string of the molecule is CN(C)C(=O)COC1CN(C(=O)CS(=O)(=O)C2CCCC2)C1. The summed E-state index contributed by atoms with van der Waals surface area (Å²) in [6, 6.07) is 0. The summed E-state index contributed by atoms with van der Waals surface area (Å²) < 4.78 is 29.6. The van der Waals surface area contributed by atoms with Gasteiger partial charge < -0.3 is 14.5 Å². The number of carbonyl (C=O) groups is 2. The average molecular weight is 332 g/mol. The largest absolute Gasteiger partial charge is 0.365 e. The summed E-state index contributed by atoms with van der Waals surface area (Å²) in [5.41, 5.74) is 0. The molecule has 22 heavy (non-hydrogen) atoms. The van der Waals surface area contributed by atoms with E-state index in [1.54, 1.807) is 14.1 Å². The number of likely N-dealkylation sites (N-methyl/N-ethyl adjacent to an activating group) is 1. The number of rotatable bonds is 6. The molecule has 1 aliphatic carbocycles. The van der Waals surface area contributed by atoms with Crippen molar-refractivity contribution >= 4 is 21.7 Å². The molecule has 8 heteroatoms. The Hall–Kier alpha value is -1.15. The van der Waals surface area contributed by atoms with Crippen molar-refractivity contribution in [2.75, 3.05) is 39.5 Å². The summed E-state index contributed by atoms with van der Waals surface area (Å²) in [5.74, 6) is -0.889. The first-order valence-electron chi connectivity index (χ1n) is 7.60. The van der Waals surface area contributed by atoms with Crippen molar-refractivity contribution in [2.24, 2.45) is 0 Å². The van der Waals surface area contributed by atoms with Crippen LogP contribution in [0.5, 0.6) is 0 Å². The molecule has 2 aliphatic rings. The summed E-state index contributed by atoms with van der Waals surface area (Å²) in [6.07, 6.45) is 3.03. The second-order valence-corrected chi connectivity index (χ2v) is 8.51. The van der Waals surface area contributed by atoms with Gasteiger partial charge in [0.15, 0.2) is 9.84 Å². The molecule has 0 aromatic heterocycles. The number of carbonyl (C=O) groups excluding carboxylic acids is 2. The Bertz CT molecular complexity index is 519. The molecule has 1 aliphatic heterocycles. The molecule has 0 atom stereocenters. The standard InChI is InChI=1S/C14H24N2O5S/c1-15(2)13(17)9-21-11-7-16(8-11)14(18)10-22(19,20)12-5-3-4-6-12/h11-12H,3-10H2,1-2H3. The zero-order chi connectivity index (χ0) is 16.3. The molecule has 2 rings (SSSR count). The van der Waals surface area contributed by atoms with Gasteiger partial charge in [0.2, 0.25) is 11.8 Å². The van der Waals surface area contributed by atoms with Crippen LogP contribution in [0.3, 0.4) is 0 Å². The third-order valence-electron chi connectivity index (χ3n) is 4.28. The molecule has 0 bridgehead atoms. The highest BCUT2D eigenvalue weighted by atomic mass is 32.2. The quantitative estimate of drug-likeness (QED) is 0.664. The smallest absolute Gasteiger partial charge is 0.248 e. The Morgan fingerprint density at radius 2 is 1.77 bits per heavy atom. The predicted molar refractivity (Wildman–Crippen MR) is 81.1 cm³/mol. The molecule has 1 heterocycles. The van der Waals surface area contributed by atoms with Crippen molar-refractivity contribution < 1.29 is 22.7 Å². The van der Waals surface area contributed by atoms with Crippen LogP contribution in [0.15, 0.2) is 0 Å². The summed E-state index contributed by atoms with van der Waals surface area (Å²) in [4.78, 5) is 26.3. The van der Waals surface area contributed by atoms with E-state index in [9.17, 15) is 18.0 Å². The van der Waals surface area contributed by atoms with Crippen LogP contribution in [0.4, 0.5) is 0 Å². The number of sulfone groups is 1. The van der Waals surface area contributed by atoms with E-state index in [-0.39, 0.29) is 29.8 Å². The first kappa shape index (κ1) is 17.2. The average Bonchev–Trinajstić information content (AvgIpc) is 2.90. The van der Waals surface area contributed by atoms with E-state index < -0.39 is 15.6 Å². The molecule has 1 saturated carbocycles. The molecular formula is C14H24N2O5S. The summed E-state index contributed by atoms with van der Waals surface area (Å²) >= 11 is 0. The van der Waals surface area contributed by atoms with Gasteiger partial charge in [0, 0.05) is 27.2 Å². The lowest BCUT2D eigenvalue weighted by molar-refractivity contribution is -0.148. The zero-order valence-electron chi connectivity index (χ0n) is 13.2. The topological polar surface area (TPSA) is 84.0 Å². The number of amides is 2. The van der Waals surface area contributed by atoms with Gasteiger partial charge in [-0.1, -0.05) is 12.8 Å². The van der Waals surface area contributed by atoms with Gasteiger partial charge in [0.1, 0.15) is 12.4 Å². The minimum atomic E-state index is -3.33. The molecule has 0 radical (unpaired) electrons. The van der Waals surface area contributed by atoms with Crippen molar-refractivity contribution in [3.8, 4) is 0 Å². The van der Waals surface area contributed by atoms with E-state index in [1.165, 1.54) is 9.80 Å². The Kier molecular flexibility index (Phi) is 5.44. The Morgan fingerprint density at radius 1 is 1.18 bits per heavy atom. The van der Waals surface area contributed by atoms with Gasteiger partial charge in [-0.2, -0.15) is 0 Å². The van der Waals surface area contributed by atoms with Crippen molar-refractivity contribution in [3.05, 3.63) is 0 Å². The van der Waals surface area contributed by atoms with Crippen LogP contribution in [0.1, 0.15) is 25.7 Å². The molecule has 0 spiro atoms. The molecule has 2 fully saturated rings. The fraction of sp³-hybridized carbons (Fsp3) is 0.857. The van der Waals surface area contributed by atoms with E-state index in [0.29, 0.717) is 25.9 Å². The predicted octanol–water partition coefficient (Wildman–Crippen LogP) is -0.341. The van der Waals surface area contributed by atoms with Crippen LogP contribution in [0.2, 0.25) is 0 Å².